The summed E-state index contributed by atoms with van der Waals surface area (Å²) in [6.07, 6.45) is 5.46. The van der Waals surface area contributed by atoms with Gasteiger partial charge in [-0.1, -0.05) is 30.3 Å². The monoisotopic (exact) mass is 287 g/mol. The number of hydrogen-bond donors (Lipinski definition) is 1. The third-order valence-corrected chi connectivity index (χ3v) is 4.69. The Morgan fingerprint density at radius 2 is 1.81 bits per heavy atom. The third kappa shape index (κ3) is 3.07. The lowest BCUT2D eigenvalue weighted by Crippen LogP contribution is -2.74. The van der Waals surface area contributed by atoms with E-state index in [9.17, 15) is 4.79 Å². The predicted molar refractivity (Wildman–Crippen MR) is 83.1 cm³/mol. The number of rotatable bonds is 4. The highest BCUT2D eigenvalue weighted by Gasteiger charge is 2.67. The van der Waals surface area contributed by atoms with Gasteiger partial charge in [-0.3, -0.25) is 0 Å². The van der Waals surface area contributed by atoms with Crippen LogP contribution in [0, 0.1) is 5.41 Å². The van der Waals surface area contributed by atoms with E-state index in [-0.39, 0.29) is 11.6 Å². The van der Waals surface area contributed by atoms with E-state index in [2.05, 4.69) is 35.6 Å². The molecule has 3 nitrogen and oxygen atoms in total. The molecular weight excluding hydrogens is 262 g/mol. The van der Waals surface area contributed by atoms with Crippen molar-refractivity contribution in [3.8, 4) is 0 Å². The largest absolute Gasteiger partial charge is 0.444 e. The van der Waals surface area contributed by atoms with E-state index in [0.717, 1.165) is 25.7 Å². The molecule has 1 N–H and O–H groups in total. The Labute approximate surface area is 127 Å². The summed E-state index contributed by atoms with van der Waals surface area (Å²) >= 11 is 0. The quantitative estimate of drug-likeness (QED) is 0.906. The molecule has 0 aliphatic heterocycles. The Morgan fingerprint density at radius 1 is 1.19 bits per heavy atom. The maximum absolute atomic E-state index is 11.8. The highest BCUT2D eigenvalue weighted by atomic mass is 16.6. The minimum Gasteiger partial charge on any atom is -0.444 e. The van der Waals surface area contributed by atoms with Gasteiger partial charge < -0.3 is 10.1 Å². The zero-order valence-electron chi connectivity index (χ0n) is 13.2. The molecule has 114 valence electrons. The van der Waals surface area contributed by atoms with Crippen molar-refractivity contribution in [3.63, 3.8) is 0 Å². The fraction of sp³-hybridized carbons (Fsp3) is 0.611. The first-order valence-corrected chi connectivity index (χ1v) is 7.85. The van der Waals surface area contributed by atoms with Gasteiger partial charge in [-0.05, 0) is 63.9 Å². The number of amides is 1. The standard InChI is InChI=1S/C18H25NO2/c1-16(2,3)21-15(20)19-18-11-17(12-18,13-18)10-9-14-7-5-4-6-8-14/h4-8H,9-13H2,1-3H3,(H,19,20). The van der Waals surface area contributed by atoms with Crippen molar-refractivity contribution in [1.82, 2.24) is 5.32 Å². The van der Waals surface area contributed by atoms with Gasteiger partial charge in [0.2, 0.25) is 0 Å². The van der Waals surface area contributed by atoms with Crippen LogP contribution in [0.5, 0.6) is 0 Å². The first-order valence-electron chi connectivity index (χ1n) is 7.85. The van der Waals surface area contributed by atoms with E-state index in [4.69, 9.17) is 4.74 Å². The summed E-state index contributed by atoms with van der Waals surface area (Å²) in [5.74, 6) is 0. The SMILES string of the molecule is CC(C)(C)OC(=O)NC12CC(CCc3ccccc3)(C1)C2. The van der Waals surface area contributed by atoms with Crippen molar-refractivity contribution in [2.24, 2.45) is 5.41 Å². The lowest BCUT2D eigenvalue weighted by molar-refractivity contribution is -0.155. The lowest BCUT2D eigenvalue weighted by Gasteiger charge is -2.70. The third-order valence-electron chi connectivity index (χ3n) is 4.69. The van der Waals surface area contributed by atoms with Gasteiger partial charge in [0, 0.05) is 5.54 Å². The molecule has 0 radical (unpaired) electrons. The Bertz CT molecular complexity index is 510. The minimum atomic E-state index is -0.418. The summed E-state index contributed by atoms with van der Waals surface area (Å²) in [4.78, 5) is 11.8. The Balaban J connectivity index is 1.43. The molecule has 2 bridgehead atoms. The molecule has 3 fully saturated rings. The zero-order valence-corrected chi connectivity index (χ0v) is 13.2. The van der Waals surface area contributed by atoms with Crippen molar-refractivity contribution in [3.05, 3.63) is 35.9 Å². The number of alkyl carbamates (subject to hydrolysis) is 1. The van der Waals surface area contributed by atoms with E-state index in [1.54, 1.807) is 0 Å². The van der Waals surface area contributed by atoms with E-state index in [1.807, 2.05) is 20.8 Å². The number of carbonyl (C=O) groups excluding carboxylic acids is 1. The van der Waals surface area contributed by atoms with Crippen LogP contribution in [0.15, 0.2) is 30.3 Å². The topological polar surface area (TPSA) is 38.3 Å². The number of hydrogen-bond acceptors (Lipinski definition) is 2. The van der Waals surface area contributed by atoms with E-state index >= 15 is 0 Å². The zero-order chi connectivity index (χ0) is 15.1. The van der Waals surface area contributed by atoms with Gasteiger partial charge in [-0.2, -0.15) is 0 Å². The van der Waals surface area contributed by atoms with Crippen LogP contribution in [0.25, 0.3) is 0 Å². The van der Waals surface area contributed by atoms with Crippen LogP contribution in [0.1, 0.15) is 52.0 Å². The molecule has 1 aromatic rings. The average molecular weight is 287 g/mol. The molecule has 0 unspecified atom stereocenters. The summed E-state index contributed by atoms with van der Waals surface area (Å²) in [5, 5.41) is 3.08. The molecule has 3 heteroatoms. The van der Waals surface area contributed by atoms with Crippen LogP contribution < -0.4 is 5.32 Å². The molecular formula is C18H25NO2. The molecule has 3 saturated carbocycles. The van der Waals surface area contributed by atoms with Crippen molar-refractivity contribution in [2.75, 3.05) is 0 Å². The summed E-state index contributed by atoms with van der Waals surface area (Å²) in [7, 11) is 0. The second kappa shape index (κ2) is 4.75. The Morgan fingerprint density at radius 3 is 2.38 bits per heavy atom. The molecule has 21 heavy (non-hydrogen) atoms. The fourth-order valence-corrected chi connectivity index (χ4v) is 3.97. The van der Waals surface area contributed by atoms with Gasteiger partial charge in [0.05, 0.1) is 0 Å². The molecule has 1 amide bonds. The van der Waals surface area contributed by atoms with Crippen molar-refractivity contribution >= 4 is 6.09 Å². The van der Waals surface area contributed by atoms with Crippen molar-refractivity contribution in [1.29, 1.82) is 0 Å². The van der Waals surface area contributed by atoms with E-state index in [1.165, 1.54) is 12.0 Å². The lowest BCUT2D eigenvalue weighted by atomic mass is 9.38. The Kier molecular flexibility index (Phi) is 3.27. The smallest absolute Gasteiger partial charge is 0.408 e. The average Bonchev–Trinajstić information content (AvgIpc) is 2.29. The summed E-state index contributed by atoms with van der Waals surface area (Å²) in [6, 6.07) is 10.6. The van der Waals surface area contributed by atoms with E-state index in [0.29, 0.717) is 5.41 Å². The van der Waals surface area contributed by atoms with Crippen molar-refractivity contribution < 1.29 is 9.53 Å². The first-order chi connectivity index (χ1) is 9.80. The summed E-state index contributed by atoms with van der Waals surface area (Å²) < 4.78 is 5.35. The van der Waals surface area contributed by atoms with Crippen LogP contribution in [0.3, 0.4) is 0 Å². The van der Waals surface area contributed by atoms with Gasteiger partial charge in [0.15, 0.2) is 0 Å². The molecule has 0 heterocycles. The second-order valence-corrected chi connectivity index (χ2v) is 7.92. The van der Waals surface area contributed by atoms with Crippen LogP contribution in [-0.2, 0) is 11.2 Å². The first kappa shape index (κ1) is 14.4. The van der Waals surface area contributed by atoms with Gasteiger partial charge in [0.1, 0.15) is 5.60 Å². The van der Waals surface area contributed by atoms with Crippen LogP contribution in [-0.4, -0.2) is 17.2 Å². The molecule has 3 aliphatic rings. The maximum atomic E-state index is 11.8. The number of carbonyl (C=O) groups is 1. The van der Waals surface area contributed by atoms with E-state index < -0.39 is 5.60 Å². The predicted octanol–water partition coefficient (Wildman–Crippen LogP) is 4.07. The number of ether oxygens (including phenoxy) is 1. The normalized spacial score (nSPS) is 30.0. The summed E-state index contributed by atoms with van der Waals surface area (Å²) in [5.41, 5.74) is 1.51. The van der Waals surface area contributed by atoms with Gasteiger partial charge in [-0.25, -0.2) is 4.79 Å². The van der Waals surface area contributed by atoms with Crippen LogP contribution in [0.4, 0.5) is 4.79 Å². The number of benzene rings is 1. The van der Waals surface area contributed by atoms with Crippen molar-refractivity contribution in [2.45, 2.75) is 64.0 Å². The fourth-order valence-electron chi connectivity index (χ4n) is 3.97. The molecule has 3 aliphatic carbocycles. The minimum absolute atomic E-state index is 0.0407. The summed E-state index contributed by atoms with van der Waals surface area (Å²) in [6.45, 7) is 5.70. The second-order valence-electron chi connectivity index (χ2n) is 7.92. The molecule has 4 rings (SSSR count). The number of nitrogens with one attached hydrogen (secondary N) is 1. The number of aryl methyl sites for hydroxylation is 1. The van der Waals surface area contributed by atoms with Gasteiger partial charge in [-0.15, -0.1) is 0 Å². The molecule has 0 spiro atoms. The Hall–Kier alpha value is -1.51. The molecule has 1 aromatic carbocycles. The molecule has 0 aromatic heterocycles. The van der Waals surface area contributed by atoms with Crippen LogP contribution >= 0.6 is 0 Å². The maximum Gasteiger partial charge on any atom is 0.408 e. The van der Waals surface area contributed by atoms with Gasteiger partial charge in [0.25, 0.3) is 0 Å². The van der Waals surface area contributed by atoms with Crippen LogP contribution in [0.2, 0.25) is 0 Å². The highest BCUT2D eigenvalue weighted by molar-refractivity contribution is 5.69. The molecule has 0 saturated heterocycles. The highest BCUT2D eigenvalue weighted by Crippen LogP contribution is 2.69. The van der Waals surface area contributed by atoms with Gasteiger partial charge >= 0.3 is 6.09 Å². The molecule has 0 atom stereocenters.